The van der Waals surface area contributed by atoms with Crippen molar-refractivity contribution in [3.63, 3.8) is 0 Å². The van der Waals surface area contributed by atoms with Gasteiger partial charge in [-0.1, -0.05) is 23.7 Å². The number of ether oxygens (including phenoxy) is 2. The number of halogens is 2. The number of rotatable bonds is 3. The Morgan fingerprint density at radius 1 is 1.22 bits per heavy atom. The van der Waals surface area contributed by atoms with E-state index in [1.165, 1.54) is 17.0 Å². The first kappa shape index (κ1) is 15.6. The molecular formula is C17H15ClFNO3. The standard InChI is InChI=1S/C17H15ClFNO3/c1-20(10-11-2-4-13(19)5-3-11)17(21)12-8-14(18)16-15(9-12)22-6-7-23-16/h2-5,8-9H,6-7,10H2,1H3. The van der Waals surface area contributed by atoms with E-state index >= 15 is 0 Å². The molecule has 0 aromatic heterocycles. The molecule has 0 spiro atoms. The third-order valence-corrected chi connectivity index (χ3v) is 3.80. The van der Waals surface area contributed by atoms with Gasteiger partial charge in [-0.2, -0.15) is 0 Å². The zero-order valence-corrected chi connectivity index (χ0v) is 13.3. The number of carbonyl (C=O) groups is 1. The molecule has 2 aromatic carbocycles. The van der Waals surface area contributed by atoms with Crippen molar-refractivity contribution >= 4 is 17.5 Å². The van der Waals surface area contributed by atoms with Crippen LogP contribution in [0.3, 0.4) is 0 Å². The summed E-state index contributed by atoms with van der Waals surface area (Å²) in [6.45, 7) is 1.22. The topological polar surface area (TPSA) is 38.8 Å². The molecule has 1 aliphatic rings. The second-order valence-electron chi connectivity index (χ2n) is 5.27. The smallest absolute Gasteiger partial charge is 0.254 e. The maximum atomic E-state index is 12.9. The predicted molar refractivity (Wildman–Crippen MR) is 84.6 cm³/mol. The van der Waals surface area contributed by atoms with Gasteiger partial charge in [0.2, 0.25) is 0 Å². The number of hydrogen-bond donors (Lipinski definition) is 0. The summed E-state index contributed by atoms with van der Waals surface area (Å²) in [6, 6.07) is 9.23. The van der Waals surface area contributed by atoms with Gasteiger partial charge in [0.15, 0.2) is 11.5 Å². The van der Waals surface area contributed by atoms with Crippen molar-refractivity contribution in [1.29, 1.82) is 0 Å². The molecule has 2 aromatic rings. The lowest BCUT2D eigenvalue weighted by atomic mass is 10.1. The number of nitrogens with zero attached hydrogens (tertiary/aromatic N) is 1. The Bertz CT molecular complexity index is 733. The van der Waals surface area contributed by atoms with Gasteiger partial charge < -0.3 is 14.4 Å². The van der Waals surface area contributed by atoms with E-state index in [1.54, 1.807) is 31.3 Å². The molecule has 1 aliphatic heterocycles. The molecule has 1 amide bonds. The summed E-state index contributed by atoms with van der Waals surface area (Å²) >= 11 is 6.16. The Morgan fingerprint density at radius 3 is 2.65 bits per heavy atom. The Morgan fingerprint density at radius 2 is 1.91 bits per heavy atom. The number of amides is 1. The zero-order chi connectivity index (χ0) is 16.4. The van der Waals surface area contributed by atoms with Gasteiger partial charge in [0, 0.05) is 19.2 Å². The minimum absolute atomic E-state index is 0.201. The normalized spacial score (nSPS) is 12.8. The highest BCUT2D eigenvalue weighted by molar-refractivity contribution is 6.32. The molecule has 0 fully saturated rings. The van der Waals surface area contributed by atoms with Crippen LogP contribution < -0.4 is 9.47 Å². The van der Waals surface area contributed by atoms with Gasteiger partial charge in [-0.3, -0.25) is 4.79 Å². The third kappa shape index (κ3) is 3.40. The van der Waals surface area contributed by atoms with Crippen LogP contribution >= 0.6 is 11.6 Å². The molecule has 0 atom stereocenters. The zero-order valence-electron chi connectivity index (χ0n) is 12.5. The molecule has 0 saturated heterocycles. The molecule has 0 bridgehead atoms. The molecule has 0 saturated carbocycles. The van der Waals surface area contributed by atoms with Crippen molar-refractivity contribution < 1.29 is 18.7 Å². The summed E-state index contributed by atoms with van der Waals surface area (Å²) in [5.74, 6) is 0.437. The highest BCUT2D eigenvalue weighted by atomic mass is 35.5. The van der Waals surface area contributed by atoms with Gasteiger partial charge in [0.1, 0.15) is 19.0 Å². The van der Waals surface area contributed by atoms with Gasteiger partial charge >= 0.3 is 0 Å². The monoisotopic (exact) mass is 335 g/mol. The van der Waals surface area contributed by atoms with Crippen LogP contribution in [-0.4, -0.2) is 31.1 Å². The van der Waals surface area contributed by atoms with E-state index in [2.05, 4.69) is 0 Å². The van der Waals surface area contributed by atoms with E-state index in [0.717, 1.165) is 5.56 Å². The molecule has 6 heteroatoms. The fourth-order valence-corrected chi connectivity index (χ4v) is 2.66. The fourth-order valence-electron chi connectivity index (χ4n) is 2.39. The maximum absolute atomic E-state index is 12.9. The summed E-state index contributed by atoms with van der Waals surface area (Å²) < 4.78 is 23.9. The van der Waals surface area contributed by atoms with Crippen LogP contribution in [0.2, 0.25) is 5.02 Å². The first-order valence-electron chi connectivity index (χ1n) is 7.13. The Labute approximate surface area is 138 Å². The van der Waals surface area contributed by atoms with Gasteiger partial charge in [-0.15, -0.1) is 0 Å². The molecule has 0 N–H and O–H groups in total. The molecule has 0 radical (unpaired) electrons. The lowest BCUT2D eigenvalue weighted by Gasteiger charge is -2.22. The number of fused-ring (bicyclic) bond motifs is 1. The van der Waals surface area contributed by atoms with Crippen molar-refractivity contribution in [2.75, 3.05) is 20.3 Å². The average Bonchev–Trinajstić information content (AvgIpc) is 2.56. The van der Waals surface area contributed by atoms with E-state index < -0.39 is 0 Å². The van der Waals surface area contributed by atoms with Crippen molar-refractivity contribution in [2.45, 2.75) is 6.54 Å². The minimum Gasteiger partial charge on any atom is -0.486 e. The largest absolute Gasteiger partial charge is 0.486 e. The quantitative estimate of drug-likeness (QED) is 0.861. The predicted octanol–water partition coefficient (Wildman–Crippen LogP) is 3.52. The first-order chi connectivity index (χ1) is 11.0. The second-order valence-corrected chi connectivity index (χ2v) is 5.68. The average molecular weight is 336 g/mol. The molecule has 4 nitrogen and oxygen atoms in total. The Hall–Kier alpha value is -2.27. The van der Waals surface area contributed by atoms with E-state index in [4.69, 9.17) is 21.1 Å². The van der Waals surface area contributed by atoms with Crippen LogP contribution in [0.25, 0.3) is 0 Å². The molecule has 3 rings (SSSR count). The minimum atomic E-state index is -0.304. The molecule has 23 heavy (non-hydrogen) atoms. The van der Waals surface area contributed by atoms with Gasteiger partial charge in [-0.05, 0) is 29.8 Å². The van der Waals surface area contributed by atoms with Crippen LogP contribution in [0, 0.1) is 5.82 Å². The Kier molecular flexibility index (Phi) is 4.39. The van der Waals surface area contributed by atoms with Crippen molar-refractivity contribution in [3.8, 4) is 11.5 Å². The van der Waals surface area contributed by atoms with Crippen LogP contribution in [0.4, 0.5) is 4.39 Å². The molecule has 120 valence electrons. The van der Waals surface area contributed by atoms with Crippen LogP contribution in [0.15, 0.2) is 36.4 Å². The summed E-state index contributed by atoms with van der Waals surface area (Å²) in [5.41, 5.74) is 1.26. The highest BCUT2D eigenvalue weighted by Crippen LogP contribution is 2.38. The second kappa shape index (κ2) is 6.46. The molecule has 0 aliphatic carbocycles. The summed E-state index contributed by atoms with van der Waals surface area (Å²) in [4.78, 5) is 14.1. The molecule has 0 unspecified atom stereocenters. The lowest BCUT2D eigenvalue weighted by Crippen LogP contribution is -2.26. The van der Waals surface area contributed by atoms with E-state index in [1.807, 2.05) is 0 Å². The Balaban J connectivity index is 1.79. The third-order valence-electron chi connectivity index (χ3n) is 3.52. The lowest BCUT2D eigenvalue weighted by molar-refractivity contribution is 0.0784. The summed E-state index contributed by atoms with van der Waals surface area (Å²) in [6.07, 6.45) is 0. The highest BCUT2D eigenvalue weighted by Gasteiger charge is 2.21. The fraction of sp³-hybridized carbons (Fsp3) is 0.235. The first-order valence-corrected chi connectivity index (χ1v) is 7.51. The van der Waals surface area contributed by atoms with Crippen LogP contribution in [-0.2, 0) is 6.54 Å². The van der Waals surface area contributed by atoms with Crippen LogP contribution in [0.5, 0.6) is 11.5 Å². The summed E-state index contributed by atoms with van der Waals surface area (Å²) in [7, 11) is 1.68. The van der Waals surface area contributed by atoms with Crippen LogP contribution in [0.1, 0.15) is 15.9 Å². The maximum Gasteiger partial charge on any atom is 0.254 e. The van der Waals surface area contributed by atoms with Crippen molar-refractivity contribution in [1.82, 2.24) is 4.90 Å². The van der Waals surface area contributed by atoms with E-state index in [0.29, 0.717) is 41.8 Å². The SMILES string of the molecule is CN(Cc1ccc(F)cc1)C(=O)c1cc(Cl)c2c(c1)OCCO2. The van der Waals surface area contributed by atoms with Gasteiger partial charge in [-0.25, -0.2) is 4.39 Å². The van der Waals surface area contributed by atoms with Crippen molar-refractivity contribution in [2.24, 2.45) is 0 Å². The van der Waals surface area contributed by atoms with E-state index in [-0.39, 0.29) is 11.7 Å². The van der Waals surface area contributed by atoms with Gasteiger partial charge in [0.25, 0.3) is 5.91 Å². The number of benzene rings is 2. The number of hydrogen-bond acceptors (Lipinski definition) is 3. The number of carbonyl (C=O) groups excluding carboxylic acids is 1. The molecule has 1 heterocycles. The molecular weight excluding hydrogens is 321 g/mol. The summed E-state index contributed by atoms with van der Waals surface area (Å²) in [5, 5.41) is 0.348. The van der Waals surface area contributed by atoms with E-state index in [9.17, 15) is 9.18 Å². The van der Waals surface area contributed by atoms with Gasteiger partial charge in [0.05, 0.1) is 5.02 Å². The van der Waals surface area contributed by atoms with Crippen molar-refractivity contribution in [3.05, 3.63) is 58.4 Å².